The lowest BCUT2D eigenvalue weighted by Gasteiger charge is -2.36. The van der Waals surface area contributed by atoms with Crippen molar-refractivity contribution in [1.29, 1.82) is 0 Å². The van der Waals surface area contributed by atoms with E-state index in [1.165, 1.54) is 6.07 Å². The molecule has 0 unspecified atom stereocenters. The molecular weight excluding hydrogens is 351 g/mol. The van der Waals surface area contributed by atoms with Gasteiger partial charge in [-0.1, -0.05) is 6.07 Å². The van der Waals surface area contributed by atoms with Crippen LogP contribution >= 0.6 is 11.3 Å². The summed E-state index contributed by atoms with van der Waals surface area (Å²) >= 11 is 1.58. The molecule has 1 aromatic heterocycles. The molecule has 0 atom stereocenters. The number of rotatable bonds is 3. The molecule has 1 saturated heterocycles. The van der Waals surface area contributed by atoms with Crippen LogP contribution in [0.3, 0.4) is 0 Å². The monoisotopic (exact) mass is 369 g/mol. The third-order valence-electron chi connectivity index (χ3n) is 4.13. The van der Waals surface area contributed by atoms with Gasteiger partial charge in [-0.25, -0.2) is 4.79 Å². The lowest BCUT2D eigenvalue weighted by atomic mass is 10.1. The molecule has 0 radical (unpaired) electrons. The smallest absolute Gasteiger partial charge is 0.368 e. The van der Waals surface area contributed by atoms with Gasteiger partial charge in [0.15, 0.2) is 0 Å². The molecule has 3 rings (SSSR count). The van der Waals surface area contributed by atoms with Crippen molar-refractivity contribution < 1.29 is 18.0 Å². The van der Waals surface area contributed by atoms with E-state index in [2.05, 4.69) is 5.32 Å². The number of nitrogens with zero attached hydrogens (tertiary/aromatic N) is 2. The fourth-order valence-electron chi connectivity index (χ4n) is 2.73. The van der Waals surface area contributed by atoms with Crippen LogP contribution in [0.4, 0.5) is 23.7 Å². The predicted octanol–water partition coefficient (Wildman–Crippen LogP) is 3.80. The Balaban J connectivity index is 1.54. The van der Waals surface area contributed by atoms with Crippen LogP contribution < -0.4 is 10.2 Å². The summed E-state index contributed by atoms with van der Waals surface area (Å²) in [6.07, 6.45) is -4.35. The molecule has 4 nitrogen and oxygen atoms in total. The molecule has 134 valence electrons. The molecule has 0 spiro atoms. The average Bonchev–Trinajstić information content (AvgIpc) is 3.13. The number of benzene rings is 1. The van der Waals surface area contributed by atoms with Crippen LogP contribution in [0.1, 0.15) is 11.1 Å². The van der Waals surface area contributed by atoms with E-state index in [0.29, 0.717) is 38.4 Å². The van der Waals surface area contributed by atoms with Gasteiger partial charge >= 0.3 is 12.2 Å². The maximum atomic E-state index is 12.8. The third kappa shape index (κ3) is 4.45. The van der Waals surface area contributed by atoms with Crippen molar-refractivity contribution in [3.63, 3.8) is 0 Å². The highest BCUT2D eigenvalue weighted by Crippen LogP contribution is 2.31. The van der Waals surface area contributed by atoms with Crippen molar-refractivity contribution in [1.82, 2.24) is 10.2 Å². The molecule has 25 heavy (non-hydrogen) atoms. The molecule has 1 N–H and O–H groups in total. The van der Waals surface area contributed by atoms with Gasteiger partial charge in [0.05, 0.1) is 5.56 Å². The van der Waals surface area contributed by atoms with Crippen LogP contribution in [0.15, 0.2) is 41.1 Å². The minimum atomic E-state index is -4.35. The van der Waals surface area contributed by atoms with Crippen molar-refractivity contribution in [2.45, 2.75) is 12.7 Å². The number of hydrogen-bond acceptors (Lipinski definition) is 3. The zero-order valence-corrected chi connectivity index (χ0v) is 14.2. The molecule has 0 aliphatic carbocycles. The van der Waals surface area contributed by atoms with E-state index in [0.717, 1.165) is 17.7 Å². The number of hydrogen-bond donors (Lipinski definition) is 1. The molecule has 0 bridgehead atoms. The van der Waals surface area contributed by atoms with Crippen molar-refractivity contribution >= 4 is 23.1 Å². The molecule has 1 aliphatic heterocycles. The van der Waals surface area contributed by atoms with Gasteiger partial charge in [-0.2, -0.15) is 24.5 Å². The lowest BCUT2D eigenvalue weighted by Crippen LogP contribution is -2.51. The standard InChI is InChI=1S/C17H18F3N3OS/c18-17(19,20)14-2-1-3-15(10-14)22-5-7-23(8-6-22)16(24)21-11-13-4-9-25-12-13/h1-4,9-10,12H,5-8,11H2,(H,21,24). The normalized spacial score (nSPS) is 15.3. The number of anilines is 1. The summed E-state index contributed by atoms with van der Waals surface area (Å²) in [4.78, 5) is 15.7. The highest BCUT2D eigenvalue weighted by molar-refractivity contribution is 7.07. The number of alkyl halides is 3. The molecule has 1 aliphatic rings. The van der Waals surface area contributed by atoms with Crippen LogP contribution in [0.5, 0.6) is 0 Å². The second-order valence-corrected chi connectivity index (χ2v) is 6.59. The quantitative estimate of drug-likeness (QED) is 0.893. The number of thiophene rings is 1. The molecule has 1 aromatic carbocycles. The van der Waals surface area contributed by atoms with Gasteiger partial charge in [0.2, 0.25) is 0 Å². The van der Waals surface area contributed by atoms with Gasteiger partial charge < -0.3 is 15.1 Å². The van der Waals surface area contributed by atoms with E-state index < -0.39 is 11.7 Å². The van der Waals surface area contributed by atoms with E-state index in [4.69, 9.17) is 0 Å². The average molecular weight is 369 g/mol. The number of piperazine rings is 1. The Kier molecular flexibility index (Phi) is 5.17. The Hall–Kier alpha value is -2.22. The summed E-state index contributed by atoms with van der Waals surface area (Å²) in [5, 5.41) is 6.80. The number of nitrogens with one attached hydrogen (secondary N) is 1. The second kappa shape index (κ2) is 7.35. The van der Waals surface area contributed by atoms with Gasteiger partial charge in [-0.3, -0.25) is 0 Å². The van der Waals surface area contributed by atoms with E-state index in [1.54, 1.807) is 22.3 Å². The van der Waals surface area contributed by atoms with Crippen molar-refractivity contribution in [3.05, 3.63) is 52.2 Å². The first-order valence-electron chi connectivity index (χ1n) is 7.89. The van der Waals surface area contributed by atoms with Gasteiger partial charge in [0.25, 0.3) is 0 Å². The largest absolute Gasteiger partial charge is 0.416 e. The fraction of sp³-hybridized carbons (Fsp3) is 0.353. The van der Waals surface area contributed by atoms with E-state index in [9.17, 15) is 18.0 Å². The van der Waals surface area contributed by atoms with Gasteiger partial charge in [-0.05, 0) is 40.6 Å². The van der Waals surface area contributed by atoms with E-state index in [-0.39, 0.29) is 6.03 Å². The molecule has 2 aromatic rings. The summed E-state index contributed by atoms with van der Waals surface area (Å²) in [6.45, 7) is 2.45. The zero-order valence-electron chi connectivity index (χ0n) is 13.4. The van der Waals surface area contributed by atoms with Crippen LogP contribution in [-0.2, 0) is 12.7 Å². The van der Waals surface area contributed by atoms with Crippen molar-refractivity contribution in [2.24, 2.45) is 0 Å². The first-order valence-corrected chi connectivity index (χ1v) is 8.84. The summed E-state index contributed by atoms with van der Waals surface area (Å²) < 4.78 is 38.5. The molecule has 1 fully saturated rings. The van der Waals surface area contributed by atoms with Crippen LogP contribution in [0, 0.1) is 0 Å². The first-order chi connectivity index (χ1) is 11.9. The highest BCUT2D eigenvalue weighted by Gasteiger charge is 2.31. The van der Waals surface area contributed by atoms with Gasteiger partial charge in [0, 0.05) is 38.4 Å². The Morgan fingerprint density at radius 3 is 2.56 bits per heavy atom. The predicted molar refractivity (Wildman–Crippen MR) is 91.8 cm³/mol. The van der Waals surface area contributed by atoms with Crippen LogP contribution in [0.25, 0.3) is 0 Å². The summed E-state index contributed by atoms with van der Waals surface area (Å²) in [7, 11) is 0. The summed E-state index contributed by atoms with van der Waals surface area (Å²) in [6, 6.07) is 7.12. The molecule has 8 heteroatoms. The Morgan fingerprint density at radius 2 is 1.92 bits per heavy atom. The number of carbonyl (C=O) groups excluding carboxylic acids is 1. The lowest BCUT2D eigenvalue weighted by molar-refractivity contribution is -0.137. The Labute approximate surface area is 147 Å². The SMILES string of the molecule is O=C(NCc1ccsc1)N1CCN(c2cccc(C(F)(F)F)c2)CC1. The summed E-state index contributed by atoms with van der Waals surface area (Å²) in [5.41, 5.74) is 0.940. The highest BCUT2D eigenvalue weighted by atomic mass is 32.1. The number of halogens is 3. The van der Waals surface area contributed by atoms with Crippen molar-refractivity contribution in [3.8, 4) is 0 Å². The fourth-order valence-corrected chi connectivity index (χ4v) is 3.40. The summed E-state index contributed by atoms with van der Waals surface area (Å²) in [5.74, 6) is 0. The van der Waals surface area contributed by atoms with E-state index >= 15 is 0 Å². The second-order valence-electron chi connectivity index (χ2n) is 5.81. The van der Waals surface area contributed by atoms with Gasteiger partial charge in [-0.15, -0.1) is 0 Å². The van der Waals surface area contributed by atoms with Gasteiger partial charge in [0.1, 0.15) is 0 Å². The Bertz CT molecular complexity index is 710. The maximum Gasteiger partial charge on any atom is 0.416 e. The third-order valence-corrected chi connectivity index (χ3v) is 4.86. The van der Waals surface area contributed by atoms with Crippen molar-refractivity contribution in [2.75, 3.05) is 31.1 Å². The molecule has 0 saturated carbocycles. The maximum absolute atomic E-state index is 12.8. The van der Waals surface area contributed by atoms with Crippen LogP contribution in [-0.4, -0.2) is 37.1 Å². The minimum absolute atomic E-state index is 0.144. The number of urea groups is 1. The molecule has 2 amide bonds. The van der Waals surface area contributed by atoms with Crippen LogP contribution in [0.2, 0.25) is 0 Å². The topological polar surface area (TPSA) is 35.6 Å². The minimum Gasteiger partial charge on any atom is -0.368 e. The number of amides is 2. The zero-order chi connectivity index (χ0) is 17.9. The Morgan fingerprint density at radius 1 is 1.16 bits per heavy atom. The molecule has 2 heterocycles. The van der Waals surface area contributed by atoms with E-state index in [1.807, 2.05) is 21.7 Å². The first kappa shape index (κ1) is 17.6. The molecular formula is C17H18F3N3OS. The number of carbonyl (C=O) groups is 1.